The maximum Gasteiger partial charge on any atom is 0.264 e. The van der Waals surface area contributed by atoms with Crippen LogP contribution in [-0.2, 0) is 37.7 Å². The fourth-order valence-corrected chi connectivity index (χ4v) is 13.9. The van der Waals surface area contributed by atoms with Crippen molar-refractivity contribution in [3.63, 3.8) is 0 Å². The number of benzene rings is 4. The molecule has 1 fully saturated rings. The zero-order valence-corrected chi connectivity index (χ0v) is 34.1. The molecule has 57 heavy (non-hydrogen) atoms. The van der Waals surface area contributed by atoms with Gasteiger partial charge in [0.15, 0.2) is 5.60 Å². The SMILES string of the molecule is C=CCN1C(=O)[C@@]2(O[C@@H](CC(=O)N3Cc4ccccc4C[C@H]3CO)[C@H]([Si](C)(C)c3ccc(OC)cc3)[C@H]2C)c2cc(N3N=C(c4ccccc4)CCC3=O)ccc21. The average Bonchev–Trinajstić information content (AvgIpc) is 3.66. The van der Waals surface area contributed by atoms with Crippen molar-refractivity contribution < 1.29 is 29.0 Å². The molecule has 1 spiro atoms. The lowest BCUT2D eigenvalue weighted by Crippen LogP contribution is -2.52. The van der Waals surface area contributed by atoms with E-state index in [0.29, 0.717) is 42.7 Å². The highest BCUT2D eigenvalue weighted by molar-refractivity contribution is 6.91. The van der Waals surface area contributed by atoms with Crippen LogP contribution >= 0.6 is 0 Å². The first-order chi connectivity index (χ1) is 27.5. The molecule has 0 aromatic heterocycles. The molecule has 11 heteroatoms. The van der Waals surface area contributed by atoms with E-state index in [4.69, 9.17) is 14.6 Å². The van der Waals surface area contributed by atoms with Gasteiger partial charge in [0.05, 0.1) is 57.4 Å². The smallest absolute Gasteiger partial charge is 0.264 e. The molecule has 294 valence electrons. The number of aliphatic hydroxyl groups is 1. The summed E-state index contributed by atoms with van der Waals surface area (Å²) < 4.78 is 12.8. The zero-order valence-electron chi connectivity index (χ0n) is 33.1. The van der Waals surface area contributed by atoms with Crippen LogP contribution in [0.2, 0.25) is 18.6 Å². The van der Waals surface area contributed by atoms with Gasteiger partial charge in [0.1, 0.15) is 5.75 Å². The summed E-state index contributed by atoms with van der Waals surface area (Å²) in [5.41, 5.74) is 4.23. The first kappa shape index (κ1) is 38.5. The quantitative estimate of drug-likeness (QED) is 0.149. The van der Waals surface area contributed by atoms with E-state index < -0.39 is 19.8 Å². The maximum absolute atomic E-state index is 15.2. The molecule has 0 aliphatic carbocycles. The second kappa shape index (κ2) is 15.2. The standard InChI is InChI=1S/C46H50N4O6Si/c1-6-24-48-40-22-16-34(50-42(52)23-21-39(47-50)31-12-8-7-9-13-31)26-38(40)46(45(48)54)30(2)44(57(4,5)37-19-17-36(55-3)18-20-37)41(56-46)27-43(53)49-28-33-15-11-10-14-32(33)25-35(49)29-51/h6-20,22,26,30,35,41,44,51H,1,21,23-25,27-29H2,2-5H3/t30-,35+,41+,44-,46+/m1/s1. The Kier molecular flexibility index (Phi) is 10.3. The Morgan fingerprint density at radius 3 is 2.42 bits per heavy atom. The number of carbonyl (C=O) groups is 3. The first-order valence-corrected chi connectivity index (χ1v) is 22.9. The van der Waals surface area contributed by atoms with E-state index in [0.717, 1.165) is 33.3 Å². The lowest BCUT2D eigenvalue weighted by molar-refractivity contribution is -0.150. The van der Waals surface area contributed by atoms with Gasteiger partial charge in [-0.1, -0.05) is 98.0 Å². The van der Waals surface area contributed by atoms with Gasteiger partial charge in [-0.2, -0.15) is 5.10 Å². The van der Waals surface area contributed by atoms with Gasteiger partial charge < -0.3 is 24.4 Å². The molecule has 0 saturated carbocycles. The molecular formula is C46H50N4O6Si. The highest BCUT2D eigenvalue weighted by Crippen LogP contribution is 2.60. The number of nitrogens with zero attached hydrogens (tertiary/aromatic N) is 4. The van der Waals surface area contributed by atoms with Crippen LogP contribution in [0.3, 0.4) is 0 Å². The normalized spacial score (nSPS) is 24.4. The van der Waals surface area contributed by atoms with Crippen LogP contribution in [-0.4, -0.2) is 73.9 Å². The van der Waals surface area contributed by atoms with Gasteiger partial charge in [-0.05, 0) is 59.0 Å². The van der Waals surface area contributed by atoms with Crippen LogP contribution in [0, 0.1) is 5.92 Å². The summed E-state index contributed by atoms with van der Waals surface area (Å²) in [5, 5.41) is 18.0. The first-order valence-electron chi connectivity index (χ1n) is 19.8. The van der Waals surface area contributed by atoms with Crippen LogP contribution in [0.25, 0.3) is 0 Å². The molecule has 5 atom stereocenters. The van der Waals surface area contributed by atoms with Crippen molar-refractivity contribution in [3.8, 4) is 5.75 Å². The highest BCUT2D eigenvalue weighted by Gasteiger charge is 2.66. The summed E-state index contributed by atoms with van der Waals surface area (Å²) in [6.45, 7) is 11.1. The van der Waals surface area contributed by atoms with Crippen LogP contribution in [0.15, 0.2) is 115 Å². The summed E-state index contributed by atoms with van der Waals surface area (Å²) in [7, 11) is -0.929. The number of fused-ring (bicyclic) bond motifs is 3. The Morgan fingerprint density at radius 1 is 1.00 bits per heavy atom. The summed E-state index contributed by atoms with van der Waals surface area (Å²) in [6, 6.07) is 31.3. The van der Waals surface area contributed by atoms with Crippen molar-refractivity contribution in [2.75, 3.05) is 30.2 Å². The number of hydrazone groups is 1. The Labute approximate surface area is 335 Å². The van der Waals surface area contributed by atoms with Crippen LogP contribution in [0.5, 0.6) is 5.75 Å². The summed E-state index contributed by atoms with van der Waals surface area (Å²) in [5.74, 6) is -0.0777. The third-order valence-electron chi connectivity index (χ3n) is 12.8. The average molecular weight is 783 g/mol. The number of hydrogen-bond donors (Lipinski definition) is 1. The molecule has 3 amide bonds. The van der Waals surface area contributed by atoms with Gasteiger partial charge in [-0.25, -0.2) is 5.01 Å². The number of methoxy groups -OCH3 is 1. The molecular weight excluding hydrogens is 733 g/mol. The maximum atomic E-state index is 15.2. The number of amides is 3. The van der Waals surface area contributed by atoms with Crippen molar-refractivity contribution in [1.82, 2.24) is 4.90 Å². The van der Waals surface area contributed by atoms with Crippen molar-refractivity contribution >= 4 is 48.1 Å². The summed E-state index contributed by atoms with van der Waals surface area (Å²) >= 11 is 0. The molecule has 4 aromatic carbocycles. The van der Waals surface area contributed by atoms with Crippen molar-refractivity contribution in [2.24, 2.45) is 11.0 Å². The van der Waals surface area contributed by atoms with Crippen molar-refractivity contribution in [2.45, 2.75) is 75.5 Å². The topological polar surface area (TPSA) is 112 Å². The van der Waals surface area contributed by atoms with Gasteiger partial charge >= 0.3 is 0 Å². The van der Waals surface area contributed by atoms with Gasteiger partial charge in [-0.3, -0.25) is 14.4 Å². The predicted molar refractivity (Wildman–Crippen MR) is 224 cm³/mol. The number of ether oxygens (including phenoxy) is 2. The lowest BCUT2D eigenvalue weighted by atomic mass is 9.82. The van der Waals surface area contributed by atoms with E-state index >= 15 is 4.79 Å². The van der Waals surface area contributed by atoms with Gasteiger partial charge in [0.2, 0.25) is 11.8 Å². The Morgan fingerprint density at radius 2 is 1.72 bits per heavy atom. The monoisotopic (exact) mass is 782 g/mol. The molecule has 0 unspecified atom stereocenters. The number of anilines is 2. The molecule has 4 aromatic rings. The molecule has 8 rings (SSSR count). The Hall–Kier alpha value is -5.36. The molecule has 1 saturated heterocycles. The minimum Gasteiger partial charge on any atom is -0.497 e. The second-order valence-corrected chi connectivity index (χ2v) is 20.9. The van der Waals surface area contributed by atoms with E-state index in [-0.39, 0.29) is 54.8 Å². The fourth-order valence-electron chi connectivity index (χ4n) is 9.87. The van der Waals surface area contributed by atoms with Crippen molar-refractivity contribution in [1.29, 1.82) is 0 Å². The fraction of sp³-hybridized carbons (Fsp3) is 0.348. The summed E-state index contributed by atoms with van der Waals surface area (Å²) in [6.07, 6.45) is 2.51. The van der Waals surface area contributed by atoms with Crippen LogP contribution in [0.4, 0.5) is 11.4 Å². The largest absolute Gasteiger partial charge is 0.497 e. The minimum atomic E-state index is -2.57. The van der Waals surface area contributed by atoms with Gasteiger partial charge in [0.25, 0.3) is 5.91 Å². The van der Waals surface area contributed by atoms with Gasteiger partial charge in [-0.15, -0.1) is 6.58 Å². The summed E-state index contributed by atoms with van der Waals surface area (Å²) in [4.78, 5) is 46.8. The van der Waals surface area contributed by atoms with E-state index in [2.05, 4.69) is 44.8 Å². The third kappa shape index (κ3) is 6.51. The number of aliphatic hydroxyl groups excluding tert-OH is 1. The number of hydrogen-bond acceptors (Lipinski definition) is 7. The van der Waals surface area contributed by atoms with E-state index in [1.165, 1.54) is 5.01 Å². The van der Waals surface area contributed by atoms with Crippen LogP contribution < -0.4 is 19.8 Å². The molecule has 4 aliphatic heterocycles. The molecule has 4 aliphatic rings. The lowest BCUT2D eigenvalue weighted by Gasteiger charge is -2.39. The van der Waals surface area contributed by atoms with E-state index in [9.17, 15) is 14.7 Å². The van der Waals surface area contributed by atoms with Crippen LogP contribution in [0.1, 0.15) is 48.4 Å². The Bertz CT molecular complexity index is 2240. The molecule has 4 heterocycles. The molecule has 1 N–H and O–H groups in total. The number of rotatable bonds is 10. The molecule has 0 radical (unpaired) electrons. The molecule has 0 bridgehead atoms. The van der Waals surface area contributed by atoms with Gasteiger partial charge in [0, 0.05) is 37.4 Å². The Balaban J connectivity index is 1.23. The zero-order chi connectivity index (χ0) is 40.1. The minimum absolute atomic E-state index is 0.0428. The molecule has 10 nitrogen and oxygen atoms in total. The van der Waals surface area contributed by atoms with E-state index in [1.807, 2.05) is 78.9 Å². The second-order valence-electron chi connectivity index (χ2n) is 16.2. The highest BCUT2D eigenvalue weighted by atomic mass is 28.3. The van der Waals surface area contributed by atoms with E-state index in [1.54, 1.807) is 23.0 Å². The third-order valence-corrected chi connectivity index (χ3v) is 17.1. The number of carbonyl (C=O) groups excluding carboxylic acids is 3. The van der Waals surface area contributed by atoms with Crippen molar-refractivity contribution in [3.05, 3.63) is 132 Å². The predicted octanol–water partition coefficient (Wildman–Crippen LogP) is 6.31.